The maximum absolute atomic E-state index is 12.4. The van der Waals surface area contributed by atoms with E-state index in [0.717, 1.165) is 5.56 Å². The van der Waals surface area contributed by atoms with Gasteiger partial charge in [-0.2, -0.15) is 0 Å². The van der Waals surface area contributed by atoms with E-state index in [1.165, 1.54) is 11.8 Å². The zero-order chi connectivity index (χ0) is 15.1. The molecular weight excluding hydrogens is 258 g/mol. The average molecular weight is 275 g/mol. The molecule has 20 heavy (non-hydrogen) atoms. The van der Waals surface area contributed by atoms with Crippen LogP contribution in [0.5, 0.6) is 0 Å². The van der Waals surface area contributed by atoms with Crippen LogP contribution in [-0.2, 0) is 15.0 Å². The predicted octanol–water partition coefficient (Wildman–Crippen LogP) is 1.99. The van der Waals surface area contributed by atoms with Crippen molar-refractivity contribution in [1.82, 2.24) is 0 Å². The van der Waals surface area contributed by atoms with E-state index in [-0.39, 0.29) is 24.7 Å². The van der Waals surface area contributed by atoms with Gasteiger partial charge in [0.05, 0.1) is 11.8 Å². The number of nitrogens with zero attached hydrogens (tertiary/aromatic N) is 1. The second-order valence-corrected chi connectivity index (χ2v) is 5.51. The summed E-state index contributed by atoms with van der Waals surface area (Å²) in [5.74, 6) is -1.13. The smallest absolute Gasteiger partial charge is 0.305 e. The summed E-state index contributed by atoms with van der Waals surface area (Å²) in [6, 6.07) is 5.13. The molecule has 0 unspecified atom stereocenters. The maximum Gasteiger partial charge on any atom is 0.305 e. The molecule has 106 valence electrons. The first-order chi connectivity index (χ1) is 9.25. The summed E-state index contributed by atoms with van der Waals surface area (Å²) in [5.41, 5.74) is 1.30. The van der Waals surface area contributed by atoms with Gasteiger partial charge in [-0.3, -0.25) is 14.4 Å². The Labute approximate surface area is 117 Å². The number of ketones is 1. The highest BCUT2D eigenvalue weighted by molar-refractivity contribution is 6.08. The molecule has 2 rings (SSSR count). The number of hydrogen-bond donors (Lipinski definition) is 1. The third-order valence-corrected chi connectivity index (χ3v) is 3.70. The number of rotatable bonds is 4. The van der Waals surface area contributed by atoms with Crippen LogP contribution in [0.3, 0.4) is 0 Å². The van der Waals surface area contributed by atoms with Gasteiger partial charge in [0.15, 0.2) is 5.78 Å². The Hall–Kier alpha value is -2.17. The van der Waals surface area contributed by atoms with Crippen molar-refractivity contribution in [2.75, 3.05) is 11.4 Å². The van der Waals surface area contributed by atoms with E-state index in [1.54, 1.807) is 32.0 Å². The largest absolute Gasteiger partial charge is 0.481 e. The average Bonchev–Trinajstić information content (AvgIpc) is 2.55. The van der Waals surface area contributed by atoms with E-state index in [2.05, 4.69) is 0 Å². The number of anilines is 1. The molecule has 0 saturated carbocycles. The van der Waals surface area contributed by atoms with Crippen LogP contribution >= 0.6 is 0 Å². The first-order valence-corrected chi connectivity index (χ1v) is 6.44. The maximum atomic E-state index is 12.4. The normalized spacial score (nSPS) is 16.1. The van der Waals surface area contributed by atoms with E-state index in [1.807, 2.05) is 0 Å². The van der Waals surface area contributed by atoms with Crippen LogP contribution in [0.2, 0.25) is 0 Å². The van der Waals surface area contributed by atoms with Gasteiger partial charge in [0.1, 0.15) is 0 Å². The topological polar surface area (TPSA) is 74.7 Å². The fourth-order valence-electron chi connectivity index (χ4n) is 2.48. The van der Waals surface area contributed by atoms with Gasteiger partial charge in [0.2, 0.25) is 5.91 Å². The van der Waals surface area contributed by atoms with E-state index in [9.17, 15) is 14.4 Å². The lowest BCUT2D eigenvalue weighted by Crippen LogP contribution is -2.37. The molecule has 1 heterocycles. The minimum absolute atomic E-state index is 0.0555. The van der Waals surface area contributed by atoms with Crippen LogP contribution in [0, 0.1) is 0 Å². The molecule has 1 amide bonds. The highest BCUT2D eigenvalue weighted by atomic mass is 16.4. The number of Topliss-reactive ketones (excluding diaryl/α,β-unsaturated/α-hetero) is 1. The minimum Gasteiger partial charge on any atom is -0.481 e. The Bertz CT molecular complexity index is 604. The number of fused-ring (bicyclic) bond motifs is 1. The fraction of sp³-hybridized carbons (Fsp3) is 0.400. The van der Waals surface area contributed by atoms with Crippen LogP contribution in [0.25, 0.3) is 0 Å². The number of benzene rings is 1. The summed E-state index contributed by atoms with van der Waals surface area (Å²) in [7, 11) is 0. The first kappa shape index (κ1) is 14.2. The fourth-order valence-corrected chi connectivity index (χ4v) is 2.48. The van der Waals surface area contributed by atoms with E-state index < -0.39 is 11.4 Å². The Balaban J connectivity index is 2.45. The van der Waals surface area contributed by atoms with Crippen molar-refractivity contribution < 1.29 is 19.5 Å². The van der Waals surface area contributed by atoms with E-state index in [0.29, 0.717) is 11.3 Å². The van der Waals surface area contributed by atoms with Crippen LogP contribution < -0.4 is 4.90 Å². The van der Waals surface area contributed by atoms with Crippen molar-refractivity contribution in [3.8, 4) is 0 Å². The van der Waals surface area contributed by atoms with Crippen molar-refractivity contribution >= 4 is 23.3 Å². The molecule has 1 aliphatic rings. The molecule has 0 bridgehead atoms. The lowest BCUT2D eigenvalue weighted by molar-refractivity contribution is -0.136. The Morgan fingerprint density at radius 1 is 1.30 bits per heavy atom. The van der Waals surface area contributed by atoms with Gasteiger partial charge in [-0.05, 0) is 44.5 Å². The number of carboxylic acid groups (broad SMARTS) is 1. The number of carboxylic acids is 1. The second kappa shape index (κ2) is 4.74. The summed E-state index contributed by atoms with van der Waals surface area (Å²) >= 11 is 0. The minimum atomic E-state index is -0.940. The molecule has 1 N–H and O–H groups in total. The first-order valence-electron chi connectivity index (χ1n) is 6.44. The van der Waals surface area contributed by atoms with Crippen molar-refractivity contribution in [2.24, 2.45) is 0 Å². The Morgan fingerprint density at radius 3 is 2.50 bits per heavy atom. The van der Waals surface area contributed by atoms with Gasteiger partial charge in [0.25, 0.3) is 0 Å². The Morgan fingerprint density at radius 2 is 1.95 bits per heavy atom. The Kier molecular flexibility index (Phi) is 3.38. The summed E-state index contributed by atoms with van der Waals surface area (Å²) in [6.07, 6.45) is -0.101. The van der Waals surface area contributed by atoms with Crippen LogP contribution in [-0.4, -0.2) is 29.3 Å². The van der Waals surface area contributed by atoms with Crippen molar-refractivity contribution in [2.45, 2.75) is 32.6 Å². The molecule has 0 saturated heterocycles. The lowest BCUT2D eigenvalue weighted by atomic mass is 9.85. The number of carbonyl (C=O) groups excluding carboxylic acids is 2. The zero-order valence-electron chi connectivity index (χ0n) is 11.8. The van der Waals surface area contributed by atoms with Crippen LogP contribution in [0.1, 0.15) is 43.1 Å². The van der Waals surface area contributed by atoms with Gasteiger partial charge in [-0.15, -0.1) is 0 Å². The molecule has 0 atom stereocenters. The third kappa shape index (κ3) is 2.19. The summed E-state index contributed by atoms with van der Waals surface area (Å²) in [5, 5.41) is 8.77. The van der Waals surface area contributed by atoms with Crippen molar-refractivity contribution in [3.63, 3.8) is 0 Å². The molecule has 0 fully saturated rings. The van der Waals surface area contributed by atoms with E-state index >= 15 is 0 Å². The van der Waals surface area contributed by atoms with Gasteiger partial charge >= 0.3 is 5.97 Å². The number of hydrogen-bond acceptors (Lipinski definition) is 3. The summed E-state index contributed by atoms with van der Waals surface area (Å²) in [6.45, 7) is 5.20. The van der Waals surface area contributed by atoms with Crippen LogP contribution in [0.4, 0.5) is 5.69 Å². The molecule has 0 aromatic heterocycles. The molecule has 1 aromatic rings. The SMILES string of the molecule is CC(=O)c1ccc2c(c1)C(C)(C)C(=O)N2CCC(=O)O. The molecule has 1 aliphatic heterocycles. The van der Waals surface area contributed by atoms with E-state index in [4.69, 9.17) is 5.11 Å². The van der Waals surface area contributed by atoms with Gasteiger partial charge in [-0.1, -0.05) is 0 Å². The van der Waals surface area contributed by atoms with Gasteiger partial charge in [-0.25, -0.2) is 0 Å². The number of amides is 1. The molecule has 0 aliphatic carbocycles. The standard InChI is InChI=1S/C15H17NO4/c1-9(17)10-4-5-12-11(8-10)15(2,3)14(20)16(12)7-6-13(18)19/h4-5,8H,6-7H2,1-3H3,(H,18,19). The molecule has 0 radical (unpaired) electrons. The highest BCUT2D eigenvalue weighted by Gasteiger charge is 2.43. The second-order valence-electron chi connectivity index (χ2n) is 5.51. The van der Waals surface area contributed by atoms with Crippen molar-refractivity contribution in [1.29, 1.82) is 0 Å². The van der Waals surface area contributed by atoms with Crippen molar-refractivity contribution in [3.05, 3.63) is 29.3 Å². The summed E-state index contributed by atoms with van der Waals surface area (Å²) in [4.78, 5) is 36.1. The molecule has 5 heteroatoms. The highest BCUT2D eigenvalue weighted by Crippen LogP contribution is 2.42. The molecular formula is C15H17NO4. The predicted molar refractivity (Wildman–Crippen MR) is 74.1 cm³/mol. The van der Waals surface area contributed by atoms with Crippen LogP contribution in [0.15, 0.2) is 18.2 Å². The monoisotopic (exact) mass is 275 g/mol. The quantitative estimate of drug-likeness (QED) is 0.853. The lowest BCUT2D eigenvalue weighted by Gasteiger charge is -2.19. The molecule has 1 aromatic carbocycles. The number of aliphatic carboxylic acids is 1. The summed E-state index contributed by atoms with van der Waals surface area (Å²) < 4.78 is 0. The number of carbonyl (C=O) groups is 3. The zero-order valence-corrected chi connectivity index (χ0v) is 11.8. The third-order valence-electron chi connectivity index (χ3n) is 3.70. The van der Waals surface area contributed by atoms with Gasteiger partial charge < -0.3 is 10.0 Å². The molecule has 0 spiro atoms. The molecule has 5 nitrogen and oxygen atoms in total. The van der Waals surface area contributed by atoms with Gasteiger partial charge in [0, 0.05) is 17.8 Å².